The number of rotatable bonds is 6. The molecule has 0 atom stereocenters. The summed E-state index contributed by atoms with van der Waals surface area (Å²) in [5.41, 5.74) is 5.14. The van der Waals surface area contributed by atoms with Crippen LogP contribution in [0.4, 0.5) is 0 Å². The van der Waals surface area contributed by atoms with E-state index in [1.54, 1.807) is 14.2 Å². The van der Waals surface area contributed by atoms with Gasteiger partial charge in [0.1, 0.15) is 11.5 Å². The van der Waals surface area contributed by atoms with E-state index < -0.39 is 0 Å². The van der Waals surface area contributed by atoms with Crippen molar-refractivity contribution >= 4 is 11.6 Å². The molecular formula is C18H20N2O3. The number of hydrogen-bond donors (Lipinski definition) is 1. The molecule has 5 heteroatoms. The quantitative estimate of drug-likeness (QED) is 0.659. The number of nitrogens with zero attached hydrogens (tertiary/aromatic N) is 1. The molecule has 0 saturated heterocycles. The van der Waals surface area contributed by atoms with Gasteiger partial charge in [-0.2, -0.15) is 5.10 Å². The highest BCUT2D eigenvalue weighted by atomic mass is 16.5. The van der Waals surface area contributed by atoms with Gasteiger partial charge in [-0.25, -0.2) is 5.43 Å². The van der Waals surface area contributed by atoms with Gasteiger partial charge < -0.3 is 9.47 Å². The molecule has 5 nitrogen and oxygen atoms in total. The van der Waals surface area contributed by atoms with Crippen molar-refractivity contribution in [2.45, 2.75) is 13.3 Å². The first-order valence-electron chi connectivity index (χ1n) is 7.23. The zero-order valence-corrected chi connectivity index (χ0v) is 13.5. The van der Waals surface area contributed by atoms with Gasteiger partial charge in [0.15, 0.2) is 0 Å². The van der Waals surface area contributed by atoms with Crippen molar-refractivity contribution in [3.8, 4) is 11.5 Å². The van der Waals surface area contributed by atoms with E-state index in [-0.39, 0.29) is 12.3 Å². The number of carbonyl (C=O) groups excluding carboxylic acids is 1. The molecule has 0 aliphatic carbocycles. The Morgan fingerprint density at radius 1 is 0.957 bits per heavy atom. The Kier molecular flexibility index (Phi) is 5.74. The van der Waals surface area contributed by atoms with Crippen LogP contribution >= 0.6 is 0 Å². The molecule has 1 N–H and O–H groups in total. The summed E-state index contributed by atoms with van der Waals surface area (Å²) in [6, 6.07) is 14.9. The highest BCUT2D eigenvalue weighted by Gasteiger charge is 2.04. The molecule has 0 heterocycles. The molecule has 0 aliphatic rings. The molecule has 120 valence electrons. The third kappa shape index (κ3) is 4.85. The number of hydrogen-bond acceptors (Lipinski definition) is 4. The lowest BCUT2D eigenvalue weighted by molar-refractivity contribution is -0.120. The molecule has 0 fully saturated rings. The van der Waals surface area contributed by atoms with Crippen LogP contribution in [0.15, 0.2) is 53.6 Å². The first-order valence-corrected chi connectivity index (χ1v) is 7.23. The van der Waals surface area contributed by atoms with Gasteiger partial charge >= 0.3 is 0 Å². The van der Waals surface area contributed by atoms with E-state index in [0.717, 1.165) is 28.3 Å². The van der Waals surface area contributed by atoms with Crippen LogP contribution in [0.3, 0.4) is 0 Å². The lowest BCUT2D eigenvalue weighted by Crippen LogP contribution is -2.21. The summed E-state index contributed by atoms with van der Waals surface area (Å²) in [5.74, 6) is 1.38. The highest BCUT2D eigenvalue weighted by molar-refractivity contribution is 5.99. The van der Waals surface area contributed by atoms with Crippen LogP contribution in [-0.2, 0) is 11.2 Å². The largest absolute Gasteiger partial charge is 0.497 e. The minimum absolute atomic E-state index is 0.164. The molecule has 2 aromatic rings. The Balaban J connectivity index is 1.93. The molecule has 0 saturated carbocycles. The fourth-order valence-corrected chi connectivity index (χ4v) is 2.01. The van der Waals surface area contributed by atoms with E-state index in [1.165, 1.54) is 0 Å². The van der Waals surface area contributed by atoms with Crippen LogP contribution in [0.25, 0.3) is 0 Å². The second kappa shape index (κ2) is 7.98. The second-order valence-corrected chi connectivity index (χ2v) is 4.99. The zero-order chi connectivity index (χ0) is 16.7. The fourth-order valence-electron chi connectivity index (χ4n) is 2.01. The number of hydrazone groups is 1. The number of ether oxygens (including phenoxy) is 2. The average molecular weight is 312 g/mol. The molecule has 2 rings (SSSR count). The molecule has 0 spiro atoms. The van der Waals surface area contributed by atoms with Gasteiger partial charge in [0.2, 0.25) is 5.91 Å². The summed E-state index contributed by atoms with van der Waals surface area (Å²) in [5, 5.41) is 4.13. The minimum atomic E-state index is -0.164. The van der Waals surface area contributed by atoms with Gasteiger partial charge in [-0.05, 0) is 54.4 Å². The summed E-state index contributed by atoms with van der Waals surface area (Å²) >= 11 is 0. The van der Waals surface area contributed by atoms with E-state index in [2.05, 4.69) is 10.5 Å². The van der Waals surface area contributed by atoms with Gasteiger partial charge in [0.05, 0.1) is 26.4 Å². The lowest BCUT2D eigenvalue weighted by Gasteiger charge is -2.05. The summed E-state index contributed by atoms with van der Waals surface area (Å²) in [7, 11) is 3.23. The molecule has 0 bridgehead atoms. The van der Waals surface area contributed by atoms with Gasteiger partial charge in [-0.3, -0.25) is 4.79 Å². The maximum absolute atomic E-state index is 11.9. The normalized spacial score (nSPS) is 11.0. The van der Waals surface area contributed by atoms with Crippen LogP contribution in [0.1, 0.15) is 18.1 Å². The molecule has 0 radical (unpaired) electrons. The average Bonchev–Trinajstić information content (AvgIpc) is 2.60. The topological polar surface area (TPSA) is 59.9 Å². The Hall–Kier alpha value is -2.82. The van der Waals surface area contributed by atoms with Gasteiger partial charge in [-0.1, -0.05) is 12.1 Å². The molecule has 1 amide bonds. The summed E-state index contributed by atoms with van der Waals surface area (Å²) in [4.78, 5) is 11.9. The van der Waals surface area contributed by atoms with Crippen molar-refractivity contribution in [2.24, 2.45) is 5.10 Å². The maximum Gasteiger partial charge on any atom is 0.244 e. The number of nitrogens with one attached hydrogen (secondary N) is 1. The zero-order valence-electron chi connectivity index (χ0n) is 13.5. The molecule has 0 aliphatic heterocycles. The van der Waals surface area contributed by atoms with E-state index in [4.69, 9.17) is 9.47 Å². The fraction of sp³-hybridized carbons (Fsp3) is 0.222. The van der Waals surface area contributed by atoms with Crippen molar-refractivity contribution in [2.75, 3.05) is 14.2 Å². The number of methoxy groups -OCH3 is 2. The van der Waals surface area contributed by atoms with Gasteiger partial charge in [0.25, 0.3) is 0 Å². The third-order valence-corrected chi connectivity index (χ3v) is 3.38. The van der Waals surface area contributed by atoms with E-state index in [1.807, 2.05) is 55.5 Å². The maximum atomic E-state index is 11.9. The SMILES string of the molecule is COc1ccc(CC(=O)NN=C(C)c2ccc(OC)cc2)cc1. The minimum Gasteiger partial charge on any atom is -0.497 e. The number of benzene rings is 2. The van der Waals surface area contributed by atoms with Crippen LogP contribution in [0.2, 0.25) is 0 Å². The first-order chi connectivity index (χ1) is 11.1. The summed E-state index contributed by atoms with van der Waals surface area (Å²) in [6.07, 6.45) is 0.267. The third-order valence-electron chi connectivity index (χ3n) is 3.38. The highest BCUT2D eigenvalue weighted by Crippen LogP contribution is 2.12. The van der Waals surface area contributed by atoms with Crippen LogP contribution in [0, 0.1) is 0 Å². The van der Waals surface area contributed by atoms with E-state index in [9.17, 15) is 4.79 Å². The van der Waals surface area contributed by atoms with E-state index >= 15 is 0 Å². The second-order valence-electron chi connectivity index (χ2n) is 4.99. The predicted molar refractivity (Wildman–Crippen MR) is 90.0 cm³/mol. The Morgan fingerprint density at radius 2 is 1.48 bits per heavy atom. The van der Waals surface area contributed by atoms with Crippen molar-refractivity contribution < 1.29 is 14.3 Å². The Labute approximate surface area is 135 Å². The number of carbonyl (C=O) groups is 1. The molecule has 0 aromatic heterocycles. The monoisotopic (exact) mass is 312 g/mol. The van der Waals surface area contributed by atoms with Crippen LogP contribution in [0.5, 0.6) is 11.5 Å². The predicted octanol–water partition coefficient (Wildman–Crippen LogP) is 2.79. The van der Waals surface area contributed by atoms with Crippen LogP contribution < -0.4 is 14.9 Å². The molecule has 0 unspecified atom stereocenters. The van der Waals surface area contributed by atoms with Crippen molar-refractivity contribution in [3.63, 3.8) is 0 Å². The van der Waals surface area contributed by atoms with Crippen molar-refractivity contribution in [1.82, 2.24) is 5.43 Å². The summed E-state index contributed by atoms with van der Waals surface area (Å²) < 4.78 is 10.2. The molecule has 23 heavy (non-hydrogen) atoms. The standard InChI is InChI=1S/C18H20N2O3/c1-13(15-6-10-17(23-3)11-7-15)19-20-18(21)12-14-4-8-16(22-2)9-5-14/h4-11H,12H2,1-3H3,(H,20,21). The smallest absolute Gasteiger partial charge is 0.244 e. The van der Waals surface area contributed by atoms with Gasteiger partial charge in [-0.15, -0.1) is 0 Å². The molecule has 2 aromatic carbocycles. The van der Waals surface area contributed by atoms with Crippen molar-refractivity contribution in [1.29, 1.82) is 0 Å². The number of amides is 1. The Morgan fingerprint density at radius 3 is 2.00 bits per heavy atom. The summed E-state index contributed by atoms with van der Waals surface area (Å²) in [6.45, 7) is 1.84. The van der Waals surface area contributed by atoms with Crippen LogP contribution in [-0.4, -0.2) is 25.8 Å². The first kappa shape index (κ1) is 16.5. The van der Waals surface area contributed by atoms with Crippen molar-refractivity contribution in [3.05, 3.63) is 59.7 Å². The van der Waals surface area contributed by atoms with E-state index in [0.29, 0.717) is 0 Å². The Bertz CT molecular complexity index is 676. The van der Waals surface area contributed by atoms with Gasteiger partial charge in [0, 0.05) is 0 Å². The lowest BCUT2D eigenvalue weighted by atomic mass is 10.1. The molecular weight excluding hydrogens is 292 g/mol.